The zero-order chi connectivity index (χ0) is 13.8. The van der Waals surface area contributed by atoms with Gasteiger partial charge in [0.1, 0.15) is 5.82 Å². The first-order chi connectivity index (χ1) is 9.10. The van der Waals surface area contributed by atoms with Crippen LogP contribution in [0, 0.1) is 11.8 Å². The molecule has 0 saturated heterocycles. The molecule has 106 valence electrons. The molecule has 1 aliphatic rings. The maximum Gasteiger partial charge on any atom is 0.251 e. The Bertz CT molecular complexity index is 459. The van der Waals surface area contributed by atoms with Crippen molar-refractivity contribution in [1.82, 2.24) is 9.97 Å². The van der Waals surface area contributed by atoms with Crippen LogP contribution in [0.2, 0.25) is 0 Å². The molecule has 0 atom stereocenters. The van der Waals surface area contributed by atoms with E-state index in [0.717, 1.165) is 36.2 Å². The molecule has 1 aromatic rings. The van der Waals surface area contributed by atoms with E-state index in [-0.39, 0.29) is 5.56 Å². The summed E-state index contributed by atoms with van der Waals surface area (Å²) in [6.45, 7) is 5.13. The Kier molecular flexibility index (Phi) is 4.75. The van der Waals surface area contributed by atoms with E-state index in [2.05, 4.69) is 23.8 Å². The van der Waals surface area contributed by atoms with Crippen LogP contribution < -0.4 is 11.3 Å². The van der Waals surface area contributed by atoms with Gasteiger partial charge in [-0.05, 0) is 44.1 Å². The lowest BCUT2D eigenvalue weighted by Gasteiger charge is -2.30. The minimum Gasteiger partial charge on any atom is -0.330 e. The van der Waals surface area contributed by atoms with E-state index in [1.807, 2.05) is 0 Å². The SMILES string of the molecule is CC(C)C1CCC(c2nc(CCN)cc(=O)[nH]2)CC1. The van der Waals surface area contributed by atoms with E-state index < -0.39 is 0 Å². The van der Waals surface area contributed by atoms with Crippen LogP contribution in [0.3, 0.4) is 0 Å². The molecular formula is C15H25N3O. The maximum atomic E-state index is 11.7. The third-order valence-electron chi connectivity index (χ3n) is 4.31. The van der Waals surface area contributed by atoms with Crippen LogP contribution in [-0.4, -0.2) is 16.5 Å². The molecule has 4 heteroatoms. The summed E-state index contributed by atoms with van der Waals surface area (Å²) in [5, 5.41) is 0. The van der Waals surface area contributed by atoms with Gasteiger partial charge in [-0.15, -0.1) is 0 Å². The van der Waals surface area contributed by atoms with Crippen molar-refractivity contribution in [2.75, 3.05) is 6.54 Å². The van der Waals surface area contributed by atoms with Gasteiger partial charge in [0.15, 0.2) is 0 Å². The van der Waals surface area contributed by atoms with Gasteiger partial charge in [-0.3, -0.25) is 4.79 Å². The number of nitrogens with zero attached hydrogens (tertiary/aromatic N) is 1. The van der Waals surface area contributed by atoms with Crippen molar-refractivity contribution < 1.29 is 0 Å². The molecule has 19 heavy (non-hydrogen) atoms. The standard InChI is InChI=1S/C15H25N3O/c1-10(2)11-3-5-12(6-4-11)15-17-13(7-8-16)9-14(19)18-15/h9-12H,3-8,16H2,1-2H3,(H,17,18,19). The van der Waals surface area contributed by atoms with Gasteiger partial charge >= 0.3 is 0 Å². The quantitative estimate of drug-likeness (QED) is 0.874. The highest BCUT2D eigenvalue weighted by Crippen LogP contribution is 2.37. The predicted octanol–water partition coefficient (Wildman–Crippen LogP) is 2.20. The molecule has 0 spiro atoms. The van der Waals surface area contributed by atoms with Gasteiger partial charge in [0.25, 0.3) is 5.56 Å². The zero-order valence-corrected chi connectivity index (χ0v) is 12.0. The third kappa shape index (κ3) is 3.66. The van der Waals surface area contributed by atoms with Crippen molar-refractivity contribution in [2.45, 2.75) is 51.9 Å². The monoisotopic (exact) mass is 263 g/mol. The van der Waals surface area contributed by atoms with Crippen LogP contribution >= 0.6 is 0 Å². The molecule has 2 rings (SSSR count). The summed E-state index contributed by atoms with van der Waals surface area (Å²) >= 11 is 0. The van der Waals surface area contributed by atoms with Crippen molar-refractivity contribution in [1.29, 1.82) is 0 Å². The predicted molar refractivity (Wildman–Crippen MR) is 77.2 cm³/mol. The van der Waals surface area contributed by atoms with Crippen LogP contribution in [0.4, 0.5) is 0 Å². The molecule has 0 unspecified atom stereocenters. The van der Waals surface area contributed by atoms with Crippen LogP contribution in [0.1, 0.15) is 57.0 Å². The van der Waals surface area contributed by atoms with Crippen molar-refractivity contribution in [3.05, 3.63) is 27.9 Å². The highest BCUT2D eigenvalue weighted by atomic mass is 16.1. The van der Waals surface area contributed by atoms with E-state index in [1.54, 1.807) is 6.07 Å². The number of hydrogen-bond donors (Lipinski definition) is 2. The largest absolute Gasteiger partial charge is 0.330 e. The number of aromatic amines is 1. The Morgan fingerprint density at radius 1 is 1.37 bits per heavy atom. The smallest absolute Gasteiger partial charge is 0.251 e. The highest BCUT2D eigenvalue weighted by molar-refractivity contribution is 5.07. The van der Waals surface area contributed by atoms with Gasteiger partial charge < -0.3 is 10.7 Å². The van der Waals surface area contributed by atoms with Crippen LogP contribution in [0.15, 0.2) is 10.9 Å². The number of nitrogens with two attached hydrogens (primary N) is 1. The van der Waals surface area contributed by atoms with Crippen LogP contribution in [0.25, 0.3) is 0 Å². The average molecular weight is 263 g/mol. The highest BCUT2D eigenvalue weighted by Gasteiger charge is 2.25. The Hall–Kier alpha value is -1.16. The molecule has 4 nitrogen and oxygen atoms in total. The lowest BCUT2D eigenvalue weighted by atomic mass is 9.77. The fourth-order valence-corrected chi connectivity index (χ4v) is 3.06. The molecule has 1 heterocycles. The molecular weight excluding hydrogens is 238 g/mol. The second-order valence-corrected chi connectivity index (χ2v) is 6.02. The fraction of sp³-hybridized carbons (Fsp3) is 0.733. The molecule has 1 aromatic heterocycles. The first-order valence-electron chi connectivity index (χ1n) is 7.40. The summed E-state index contributed by atoms with van der Waals surface area (Å²) in [5.41, 5.74) is 6.32. The zero-order valence-electron chi connectivity index (χ0n) is 12.0. The lowest BCUT2D eigenvalue weighted by Crippen LogP contribution is -2.22. The summed E-state index contributed by atoms with van der Waals surface area (Å²) in [4.78, 5) is 19.2. The minimum atomic E-state index is -0.0422. The van der Waals surface area contributed by atoms with E-state index in [0.29, 0.717) is 18.9 Å². The van der Waals surface area contributed by atoms with Gasteiger partial charge in [0, 0.05) is 24.1 Å². The summed E-state index contributed by atoms with van der Waals surface area (Å²) < 4.78 is 0. The Morgan fingerprint density at radius 3 is 2.63 bits per heavy atom. The Morgan fingerprint density at radius 2 is 2.05 bits per heavy atom. The average Bonchev–Trinajstić information content (AvgIpc) is 2.38. The summed E-state index contributed by atoms with van der Waals surface area (Å²) in [5.74, 6) is 2.88. The number of nitrogens with one attached hydrogen (secondary N) is 1. The van der Waals surface area contributed by atoms with Crippen LogP contribution in [0.5, 0.6) is 0 Å². The second-order valence-electron chi connectivity index (χ2n) is 6.02. The first-order valence-corrected chi connectivity index (χ1v) is 7.40. The maximum absolute atomic E-state index is 11.7. The topological polar surface area (TPSA) is 71.8 Å². The Balaban J connectivity index is 2.08. The molecule has 1 aliphatic carbocycles. The molecule has 1 fully saturated rings. The molecule has 1 saturated carbocycles. The number of rotatable bonds is 4. The molecule has 3 N–H and O–H groups in total. The number of aromatic nitrogens is 2. The van der Waals surface area contributed by atoms with Gasteiger partial charge in [-0.2, -0.15) is 0 Å². The molecule has 0 radical (unpaired) electrons. The van der Waals surface area contributed by atoms with Crippen molar-refractivity contribution in [2.24, 2.45) is 17.6 Å². The van der Waals surface area contributed by atoms with E-state index >= 15 is 0 Å². The Labute approximate surface area is 114 Å². The van der Waals surface area contributed by atoms with E-state index in [1.165, 1.54) is 12.8 Å². The van der Waals surface area contributed by atoms with Crippen molar-refractivity contribution in [3.8, 4) is 0 Å². The number of H-pyrrole nitrogens is 1. The summed E-state index contributed by atoms with van der Waals surface area (Å²) in [6.07, 6.45) is 5.44. The van der Waals surface area contributed by atoms with Gasteiger partial charge in [-0.25, -0.2) is 4.98 Å². The summed E-state index contributed by atoms with van der Waals surface area (Å²) in [6, 6.07) is 1.57. The van der Waals surface area contributed by atoms with Gasteiger partial charge in [0.2, 0.25) is 0 Å². The van der Waals surface area contributed by atoms with Gasteiger partial charge in [0.05, 0.1) is 0 Å². The first kappa shape index (κ1) is 14.3. The normalized spacial score (nSPS) is 23.8. The van der Waals surface area contributed by atoms with Crippen molar-refractivity contribution >= 4 is 0 Å². The van der Waals surface area contributed by atoms with Gasteiger partial charge in [-0.1, -0.05) is 13.8 Å². The fourth-order valence-electron chi connectivity index (χ4n) is 3.06. The molecule has 0 amide bonds. The van der Waals surface area contributed by atoms with Crippen LogP contribution in [-0.2, 0) is 6.42 Å². The van der Waals surface area contributed by atoms with E-state index in [9.17, 15) is 4.79 Å². The minimum absolute atomic E-state index is 0.0422. The lowest BCUT2D eigenvalue weighted by molar-refractivity contribution is 0.254. The second kappa shape index (κ2) is 6.33. The molecule has 0 aromatic carbocycles. The van der Waals surface area contributed by atoms with Crippen molar-refractivity contribution in [3.63, 3.8) is 0 Å². The number of hydrogen-bond acceptors (Lipinski definition) is 3. The van der Waals surface area contributed by atoms with E-state index in [4.69, 9.17) is 5.73 Å². The molecule has 0 bridgehead atoms. The molecule has 0 aliphatic heterocycles. The third-order valence-corrected chi connectivity index (χ3v) is 4.31. The summed E-state index contributed by atoms with van der Waals surface area (Å²) in [7, 11) is 0.